The Morgan fingerprint density at radius 3 is 1.40 bits per heavy atom. The van der Waals surface area contributed by atoms with Crippen LogP contribution in [0, 0.1) is 0 Å². The minimum atomic E-state index is 0.583. The highest BCUT2D eigenvalue weighted by atomic mass is 15.2. The molecule has 50 heavy (non-hydrogen) atoms. The van der Waals surface area contributed by atoms with Crippen LogP contribution in [0.15, 0.2) is 188 Å². The highest BCUT2D eigenvalue weighted by Gasteiger charge is 2.18. The SMILES string of the molecule is c1ccc(-c2nc(-c3cccc(-c4cccc(N(c5ccccc5)c5ccccc5)c4)c3)nc(-n3c4ccccc4c4ccccc43)n2)cc1. The van der Waals surface area contributed by atoms with E-state index in [0.29, 0.717) is 17.6 Å². The monoisotopic (exact) mass is 641 g/mol. The van der Waals surface area contributed by atoms with Crippen LogP contribution in [-0.2, 0) is 0 Å². The van der Waals surface area contributed by atoms with Gasteiger partial charge in [-0.25, -0.2) is 4.98 Å². The van der Waals surface area contributed by atoms with E-state index < -0.39 is 0 Å². The lowest BCUT2D eigenvalue weighted by atomic mass is 10.0. The van der Waals surface area contributed by atoms with Crippen molar-refractivity contribution >= 4 is 38.9 Å². The van der Waals surface area contributed by atoms with Gasteiger partial charge in [0.2, 0.25) is 5.95 Å². The van der Waals surface area contributed by atoms with Gasteiger partial charge in [-0.15, -0.1) is 0 Å². The second-order valence-corrected chi connectivity index (χ2v) is 12.2. The first-order valence-corrected chi connectivity index (χ1v) is 16.7. The van der Waals surface area contributed by atoms with Crippen molar-refractivity contribution in [2.45, 2.75) is 0 Å². The number of hydrogen-bond donors (Lipinski definition) is 0. The fraction of sp³-hybridized carbons (Fsp3) is 0. The van der Waals surface area contributed by atoms with Crippen molar-refractivity contribution in [1.82, 2.24) is 19.5 Å². The van der Waals surface area contributed by atoms with Crippen LogP contribution in [0.5, 0.6) is 0 Å². The van der Waals surface area contributed by atoms with Crippen molar-refractivity contribution in [2.24, 2.45) is 0 Å². The largest absolute Gasteiger partial charge is 0.310 e. The summed E-state index contributed by atoms with van der Waals surface area (Å²) in [5.41, 5.74) is 9.40. The lowest BCUT2D eigenvalue weighted by Crippen LogP contribution is -2.09. The first kappa shape index (κ1) is 29.3. The third kappa shape index (κ3) is 5.37. The van der Waals surface area contributed by atoms with Crippen molar-refractivity contribution in [3.05, 3.63) is 188 Å². The average Bonchev–Trinajstić information content (AvgIpc) is 3.54. The zero-order valence-electron chi connectivity index (χ0n) is 27.1. The molecule has 0 saturated heterocycles. The molecule has 0 aliphatic rings. The third-order valence-corrected chi connectivity index (χ3v) is 9.02. The molecular formula is C45H31N5. The molecule has 0 bridgehead atoms. The van der Waals surface area contributed by atoms with Crippen molar-refractivity contribution in [3.8, 4) is 39.9 Å². The first-order valence-electron chi connectivity index (χ1n) is 16.7. The molecule has 0 aliphatic heterocycles. The van der Waals surface area contributed by atoms with Crippen LogP contribution in [-0.4, -0.2) is 19.5 Å². The zero-order valence-corrected chi connectivity index (χ0v) is 27.1. The molecule has 0 unspecified atom stereocenters. The maximum Gasteiger partial charge on any atom is 0.238 e. The summed E-state index contributed by atoms with van der Waals surface area (Å²) >= 11 is 0. The van der Waals surface area contributed by atoms with Gasteiger partial charge in [-0.2, -0.15) is 9.97 Å². The van der Waals surface area contributed by atoms with E-state index in [9.17, 15) is 0 Å². The van der Waals surface area contributed by atoms with Crippen LogP contribution in [0.25, 0.3) is 61.7 Å². The summed E-state index contributed by atoms with van der Waals surface area (Å²) in [4.78, 5) is 17.6. The van der Waals surface area contributed by atoms with Gasteiger partial charge >= 0.3 is 0 Å². The molecule has 0 saturated carbocycles. The van der Waals surface area contributed by atoms with Crippen molar-refractivity contribution in [3.63, 3.8) is 0 Å². The molecule has 2 heterocycles. The van der Waals surface area contributed by atoms with E-state index >= 15 is 0 Å². The van der Waals surface area contributed by atoms with Gasteiger partial charge in [-0.05, 0) is 65.7 Å². The van der Waals surface area contributed by atoms with Crippen LogP contribution in [0.1, 0.15) is 0 Å². The van der Waals surface area contributed by atoms with Gasteiger partial charge in [0.05, 0.1) is 11.0 Å². The molecule has 0 N–H and O–H groups in total. The predicted octanol–water partition coefficient (Wildman–Crippen LogP) is 11.4. The lowest BCUT2D eigenvalue weighted by Gasteiger charge is -2.26. The van der Waals surface area contributed by atoms with E-state index in [2.05, 4.69) is 155 Å². The Bertz CT molecular complexity index is 2500. The number of aromatic nitrogens is 4. The minimum absolute atomic E-state index is 0.583. The molecule has 0 fully saturated rings. The topological polar surface area (TPSA) is 46.8 Å². The molecule has 5 nitrogen and oxygen atoms in total. The highest BCUT2D eigenvalue weighted by Crippen LogP contribution is 2.37. The molecule has 9 rings (SSSR count). The Morgan fingerprint density at radius 2 is 0.780 bits per heavy atom. The number of para-hydroxylation sites is 4. The summed E-state index contributed by atoms with van der Waals surface area (Å²) in [5.74, 6) is 1.82. The molecule has 236 valence electrons. The van der Waals surface area contributed by atoms with Crippen molar-refractivity contribution < 1.29 is 0 Å². The second-order valence-electron chi connectivity index (χ2n) is 12.2. The number of hydrogen-bond acceptors (Lipinski definition) is 4. The fourth-order valence-corrected chi connectivity index (χ4v) is 6.71. The molecule has 0 radical (unpaired) electrons. The van der Waals surface area contributed by atoms with Crippen molar-refractivity contribution in [2.75, 3.05) is 4.90 Å². The number of rotatable bonds is 7. The van der Waals surface area contributed by atoms with Gasteiger partial charge in [0, 0.05) is 39.0 Å². The molecular weight excluding hydrogens is 611 g/mol. The van der Waals surface area contributed by atoms with Gasteiger partial charge in [-0.3, -0.25) is 4.57 Å². The van der Waals surface area contributed by atoms with Crippen LogP contribution in [0.3, 0.4) is 0 Å². The zero-order chi connectivity index (χ0) is 33.3. The molecule has 7 aromatic carbocycles. The Labute approximate surface area is 290 Å². The minimum Gasteiger partial charge on any atom is -0.310 e. The van der Waals surface area contributed by atoms with E-state index in [1.54, 1.807) is 0 Å². The van der Waals surface area contributed by atoms with Gasteiger partial charge in [-0.1, -0.05) is 133 Å². The lowest BCUT2D eigenvalue weighted by molar-refractivity contribution is 0.953. The maximum atomic E-state index is 5.16. The molecule has 0 aliphatic carbocycles. The van der Waals surface area contributed by atoms with E-state index in [-0.39, 0.29) is 0 Å². The van der Waals surface area contributed by atoms with E-state index in [0.717, 1.165) is 61.1 Å². The van der Waals surface area contributed by atoms with Crippen LogP contribution < -0.4 is 4.90 Å². The maximum absolute atomic E-state index is 5.16. The molecule has 5 heteroatoms. The second kappa shape index (κ2) is 12.6. The van der Waals surface area contributed by atoms with Crippen molar-refractivity contribution in [1.29, 1.82) is 0 Å². The van der Waals surface area contributed by atoms with E-state index in [1.807, 2.05) is 42.5 Å². The molecule has 0 spiro atoms. The first-order chi connectivity index (χ1) is 24.8. The number of benzene rings is 7. The average molecular weight is 642 g/mol. The van der Waals surface area contributed by atoms with Crippen LogP contribution in [0.2, 0.25) is 0 Å². The molecule has 0 amide bonds. The quantitative estimate of drug-likeness (QED) is 0.174. The Morgan fingerprint density at radius 1 is 0.340 bits per heavy atom. The molecule has 2 aromatic heterocycles. The Kier molecular flexibility index (Phi) is 7.41. The van der Waals surface area contributed by atoms with Gasteiger partial charge in [0.1, 0.15) is 0 Å². The Balaban J connectivity index is 1.19. The summed E-state index contributed by atoms with van der Waals surface area (Å²) in [6.07, 6.45) is 0. The van der Waals surface area contributed by atoms with Gasteiger partial charge < -0.3 is 4.90 Å². The van der Waals surface area contributed by atoms with Crippen LogP contribution in [0.4, 0.5) is 17.1 Å². The van der Waals surface area contributed by atoms with E-state index in [4.69, 9.17) is 15.0 Å². The number of anilines is 3. The summed E-state index contributed by atoms with van der Waals surface area (Å²) < 4.78 is 2.15. The predicted molar refractivity (Wildman–Crippen MR) is 205 cm³/mol. The highest BCUT2D eigenvalue weighted by molar-refractivity contribution is 6.09. The summed E-state index contributed by atoms with van der Waals surface area (Å²) in [6, 6.07) is 65.1. The third-order valence-electron chi connectivity index (χ3n) is 9.02. The molecule has 9 aromatic rings. The van der Waals surface area contributed by atoms with Gasteiger partial charge in [0.25, 0.3) is 0 Å². The normalized spacial score (nSPS) is 11.2. The smallest absolute Gasteiger partial charge is 0.238 e. The number of fused-ring (bicyclic) bond motifs is 3. The molecule has 0 atom stereocenters. The standard InChI is InChI=1S/C45H31N5/c1-4-16-32(17-5-1)43-46-44(48-45(47-43)50-41-28-12-10-26-39(41)40-27-11-13-29-42(40)50)35-20-14-18-33(30-35)34-19-15-25-38(31-34)49(36-21-6-2-7-22-36)37-23-8-3-9-24-37/h1-31H. The fourth-order valence-electron chi connectivity index (χ4n) is 6.71. The van der Waals surface area contributed by atoms with E-state index in [1.165, 1.54) is 0 Å². The van der Waals surface area contributed by atoms with Gasteiger partial charge in [0.15, 0.2) is 11.6 Å². The number of nitrogens with zero attached hydrogens (tertiary/aromatic N) is 5. The Hall–Kier alpha value is -6.85. The summed E-state index contributed by atoms with van der Waals surface area (Å²) in [7, 11) is 0. The summed E-state index contributed by atoms with van der Waals surface area (Å²) in [6.45, 7) is 0. The van der Waals surface area contributed by atoms with Crippen LogP contribution >= 0.6 is 0 Å². The summed E-state index contributed by atoms with van der Waals surface area (Å²) in [5, 5.41) is 2.32.